The number of hydrogen-bond acceptors (Lipinski definition) is 2. The molecule has 3 heteroatoms. The van der Waals surface area contributed by atoms with Crippen LogP contribution < -0.4 is 5.32 Å². The van der Waals surface area contributed by atoms with E-state index in [0.29, 0.717) is 11.3 Å². The molecule has 1 fully saturated rings. The first-order valence-electron chi connectivity index (χ1n) is 6.13. The van der Waals surface area contributed by atoms with Crippen LogP contribution in [0.25, 0.3) is 11.0 Å². The normalized spacial score (nSPS) is 23.9. The highest BCUT2D eigenvalue weighted by molar-refractivity contribution is 6.30. The molecule has 0 amide bonds. The standard InChI is InChI=1S/C14H16ClNO/c1-9-6-10(7-9)16-8-12-11-4-2-3-5-13(11)17-14(12)15/h2-5,9-10,16H,6-8H2,1H3. The summed E-state index contributed by atoms with van der Waals surface area (Å²) in [6.07, 6.45) is 2.54. The van der Waals surface area contributed by atoms with Crippen LogP contribution in [0.15, 0.2) is 28.7 Å². The summed E-state index contributed by atoms with van der Waals surface area (Å²) in [7, 11) is 0. The molecule has 1 aliphatic carbocycles. The molecular formula is C14H16ClNO. The van der Waals surface area contributed by atoms with Crippen molar-refractivity contribution in [1.82, 2.24) is 5.32 Å². The van der Waals surface area contributed by atoms with E-state index in [4.69, 9.17) is 16.0 Å². The minimum absolute atomic E-state index is 0.520. The van der Waals surface area contributed by atoms with E-state index in [1.165, 1.54) is 12.8 Å². The first-order chi connectivity index (χ1) is 8.24. The Morgan fingerprint density at radius 1 is 1.35 bits per heavy atom. The zero-order valence-electron chi connectivity index (χ0n) is 9.87. The summed E-state index contributed by atoms with van der Waals surface area (Å²) in [5, 5.41) is 5.18. The molecule has 2 aromatic rings. The van der Waals surface area contributed by atoms with Crippen LogP contribution >= 0.6 is 11.6 Å². The minimum atomic E-state index is 0.520. The van der Waals surface area contributed by atoms with Crippen molar-refractivity contribution in [2.75, 3.05) is 0 Å². The van der Waals surface area contributed by atoms with Crippen LogP contribution in [0.5, 0.6) is 0 Å². The molecule has 1 aromatic heterocycles. The van der Waals surface area contributed by atoms with E-state index >= 15 is 0 Å². The van der Waals surface area contributed by atoms with Gasteiger partial charge in [0, 0.05) is 23.5 Å². The number of rotatable bonds is 3. The predicted octanol–water partition coefficient (Wildman–Crippen LogP) is 3.97. The maximum Gasteiger partial charge on any atom is 0.199 e. The molecule has 90 valence electrons. The minimum Gasteiger partial charge on any atom is -0.444 e. The number of furan rings is 1. The van der Waals surface area contributed by atoms with Crippen molar-refractivity contribution in [2.45, 2.75) is 32.4 Å². The largest absolute Gasteiger partial charge is 0.444 e. The number of hydrogen-bond donors (Lipinski definition) is 1. The Kier molecular flexibility index (Phi) is 2.85. The molecule has 1 heterocycles. The van der Waals surface area contributed by atoms with E-state index in [1.54, 1.807) is 0 Å². The van der Waals surface area contributed by atoms with Gasteiger partial charge in [-0.2, -0.15) is 0 Å². The van der Waals surface area contributed by atoms with Crippen LogP contribution in [-0.2, 0) is 6.54 Å². The second-order valence-electron chi connectivity index (χ2n) is 5.00. The van der Waals surface area contributed by atoms with Crippen LogP contribution in [0, 0.1) is 5.92 Å². The molecule has 2 nitrogen and oxygen atoms in total. The molecule has 1 aromatic carbocycles. The molecule has 1 saturated carbocycles. The molecular weight excluding hydrogens is 234 g/mol. The lowest BCUT2D eigenvalue weighted by Crippen LogP contribution is -2.39. The zero-order chi connectivity index (χ0) is 11.8. The zero-order valence-corrected chi connectivity index (χ0v) is 10.6. The molecule has 17 heavy (non-hydrogen) atoms. The molecule has 0 unspecified atom stereocenters. The van der Waals surface area contributed by atoms with Crippen LogP contribution in [-0.4, -0.2) is 6.04 Å². The fraction of sp³-hybridized carbons (Fsp3) is 0.429. The van der Waals surface area contributed by atoms with Gasteiger partial charge in [-0.1, -0.05) is 25.1 Å². The van der Waals surface area contributed by atoms with Crippen LogP contribution in [0.1, 0.15) is 25.3 Å². The lowest BCUT2D eigenvalue weighted by atomic mass is 9.82. The third kappa shape index (κ3) is 2.07. The quantitative estimate of drug-likeness (QED) is 0.890. The Morgan fingerprint density at radius 2 is 2.12 bits per heavy atom. The maximum absolute atomic E-state index is 6.13. The highest BCUT2D eigenvalue weighted by Crippen LogP contribution is 2.31. The van der Waals surface area contributed by atoms with Crippen LogP contribution in [0.2, 0.25) is 5.22 Å². The third-order valence-corrected chi connectivity index (χ3v) is 3.90. The van der Waals surface area contributed by atoms with Crippen molar-refractivity contribution in [3.63, 3.8) is 0 Å². The molecule has 0 radical (unpaired) electrons. The first kappa shape index (κ1) is 11.1. The van der Waals surface area contributed by atoms with E-state index in [-0.39, 0.29) is 0 Å². The van der Waals surface area contributed by atoms with Gasteiger partial charge in [-0.25, -0.2) is 0 Å². The number of fused-ring (bicyclic) bond motifs is 1. The summed E-state index contributed by atoms with van der Waals surface area (Å²) in [6.45, 7) is 3.09. The fourth-order valence-electron chi connectivity index (χ4n) is 2.55. The lowest BCUT2D eigenvalue weighted by molar-refractivity contribution is 0.240. The number of para-hydroxylation sites is 1. The van der Waals surface area contributed by atoms with Crippen molar-refractivity contribution in [3.05, 3.63) is 35.0 Å². The van der Waals surface area contributed by atoms with Crippen molar-refractivity contribution in [1.29, 1.82) is 0 Å². The van der Waals surface area contributed by atoms with E-state index in [1.807, 2.05) is 18.2 Å². The maximum atomic E-state index is 6.13. The summed E-state index contributed by atoms with van der Waals surface area (Å²) in [4.78, 5) is 0. The van der Waals surface area contributed by atoms with Gasteiger partial charge in [0.15, 0.2) is 5.22 Å². The van der Waals surface area contributed by atoms with E-state index in [2.05, 4.69) is 18.3 Å². The highest BCUT2D eigenvalue weighted by atomic mass is 35.5. The van der Waals surface area contributed by atoms with Gasteiger partial charge in [0.2, 0.25) is 0 Å². The lowest BCUT2D eigenvalue weighted by Gasteiger charge is -2.33. The van der Waals surface area contributed by atoms with Gasteiger partial charge in [0.05, 0.1) is 0 Å². The average molecular weight is 250 g/mol. The topological polar surface area (TPSA) is 25.2 Å². The Morgan fingerprint density at radius 3 is 2.88 bits per heavy atom. The van der Waals surface area contributed by atoms with Gasteiger partial charge in [-0.05, 0) is 36.4 Å². The molecule has 0 bridgehead atoms. The fourth-order valence-corrected chi connectivity index (χ4v) is 2.80. The SMILES string of the molecule is CC1CC(NCc2c(Cl)oc3ccccc23)C1. The Balaban J connectivity index is 1.77. The number of halogens is 1. The Bertz CT molecular complexity index is 528. The van der Waals surface area contributed by atoms with Crippen molar-refractivity contribution >= 4 is 22.6 Å². The molecule has 0 saturated heterocycles. The summed E-state index contributed by atoms with van der Waals surface area (Å²) in [6, 6.07) is 8.65. The Labute approximate surface area is 106 Å². The number of benzene rings is 1. The van der Waals surface area contributed by atoms with Gasteiger partial charge in [0.25, 0.3) is 0 Å². The van der Waals surface area contributed by atoms with Gasteiger partial charge >= 0.3 is 0 Å². The van der Waals surface area contributed by atoms with Crippen molar-refractivity contribution in [2.24, 2.45) is 5.92 Å². The molecule has 1 aliphatic rings. The van der Waals surface area contributed by atoms with Gasteiger partial charge < -0.3 is 9.73 Å². The first-order valence-corrected chi connectivity index (χ1v) is 6.51. The van der Waals surface area contributed by atoms with E-state index in [9.17, 15) is 0 Å². The average Bonchev–Trinajstić information content (AvgIpc) is 2.59. The molecule has 0 spiro atoms. The second kappa shape index (κ2) is 4.35. The predicted molar refractivity (Wildman–Crippen MR) is 70.2 cm³/mol. The van der Waals surface area contributed by atoms with Gasteiger partial charge in [-0.15, -0.1) is 0 Å². The van der Waals surface area contributed by atoms with Crippen LogP contribution in [0.4, 0.5) is 0 Å². The summed E-state index contributed by atoms with van der Waals surface area (Å²) < 4.78 is 5.53. The smallest absolute Gasteiger partial charge is 0.199 e. The molecule has 0 aliphatic heterocycles. The van der Waals surface area contributed by atoms with Crippen molar-refractivity contribution < 1.29 is 4.42 Å². The highest BCUT2D eigenvalue weighted by Gasteiger charge is 2.25. The van der Waals surface area contributed by atoms with E-state index < -0.39 is 0 Å². The molecule has 3 rings (SSSR count). The summed E-state index contributed by atoms with van der Waals surface area (Å²) in [5.41, 5.74) is 1.96. The van der Waals surface area contributed by atoms with Crippen molar-refractivity contribution in [3.8, 4) is 0 Å². The Hall–Kier alpha value is -0.990. The third-order valence-electron chi connectivity index (χ3n) is 3.59. The number of nitrogens with one attached hydrogen (secondary N) is 1. The monoisotopic (exact) mass is 249 g/mol. The van der Waals surface area contributed by atoms with Gasteiger partial charge in [-0.3, -0.25) is 0 Å². The van der Waals surface area contributed by atoms with Gasteiger partial charge in [0.1, 0.15) is 5.58 Å². The molecule has 0 atom stereocenters. The summed E-state index contributed by atoms with van der Waals surface area (Å²) in [5.74, 6) is 0.865. The summed E-state index contributed by atoms with van der Waals surface area (Å²) >= 11 is 6.13. The van der Waals surface area contributed by atoms with E-state index in [0.717, 1.165) is 29.0 Å². The molecule has 1 N–H and O–H groups in total. The van der Waals surface area contributed by atoms with Crippen LogP contribution in [0.3, 0.4) is 0 Å². The second-order valence-corrected chi connectivity index (χ2v) is 5.35.